The second kappa shape index (κ2) is 7.85. The van der Waals surface area contributed by atoms with Crippen molar-refractivity contribution < 1.29 is 13.9 Å². The molecule has 2 aliphatic rings. The number of para-hydroxylation sites is 1. The van der Waals surface area contributed by atoms with Crippen molar-refractivity contribution in [3.63, 3.8) is 0 Å². The van der Waals surface area contributed by atoms with E-state index in [0.717, 1.165) is 43.3 Å². The number of hydrogen-bond donors (Lipinski definition) is 0. The third-order valence-electron chi connectivity index (χ3n) is 5.85. The molecule has 4 heterocycles. The Labute approximate surface area is 175 Å². The van der Waals surface area contributed by atoms with Gasteiger partial charge in [0.1, 0.15) is 5.82 Å². The molecule has 1 aromatic carbocycles. The normalized spacial score (nSPS) is 17.0. The summed E-state index contributed by atoms with van der Waals surface area (Å²) in [6.45, 7) is 4.74. The van der Waals surface area contributed by atoms with Gasteiger partial charge in [-0.1, -0.05) is 12.1 Å². The van der Waals surface area contributed by atoms with Crippen LogP contribution in [0, 0.1) is 0 Å². The number of rotatable bonds is 4. The number of piperazine rings is 1. The van der Waals surface area contributed by atoms with Gasteiger partial charge in [0.2, 0.25) is 5.95 Å². The molecule has 0 aliphatic carbocycles. The van der Waals surface area contributed by atoms with Gasteiger partial charge in [-0.25, -0.2) is 4.98 Å². The fraction of sp³-hybridized carbons (Fsp3) is 0.409. The minimum Gasteiger partial charge on any atom is -0.493 e. The molecular formula is C22H25N5O3. The summed E-state index contributed by atoms with van der Waals surface area (Å²) in [6.07, 6.45) is 4.22. The number of fused-ring (bicyclic) bond motifs is 1. The topological polar surface area (TPSA) is 74.9 Å². The third kappa shape index (κ3) is 3.42. The monoisotopic (exact) mass is 407 g/mol. The molecule has 2 aliphatic heterocycles. The van der Waals surface area contributed by atoms with Gasteiger partial charge >= 0.3 is 0 Å². The Morgan fingerprint density at radius 2 is 1.83 bits per heavy atom. The van der Waals surface area contributed by atoms with Crippen LogP contribution in [0.15, 0.2) is 40.9 Å². The van der Waals surface area contributed by atoms with Gasteiger partial charge in [-0.3, -0.25) is 4.79 Å². The van der Waals surface area contributed by atoms with Crippen LogP contribution < -0.4 is 14.5 Å². The number of methoxy groups -OCH3 is 1. The van der Waals surface area contributed by atoms with Crippen molar-refractivity contribution in [3.8, 4) is 5.75 Å². The number of ether oxygens (including phenoxy) is 1. The summed E-state index contributed by atoms with van der Waals surface area (Å²) in [4.78, 5) is 28.5. The van der Waals surface area contributed by atoms with Gasteiger partial charge in [0, 0.05) is 50.9 Å². The first kappa shape index (κ1) is 18.7. The van der Waals surface area contributed by atoms with Gasteiger partial charge in [0.15, 0.2) is 17.1 Å². The highest BCUT2D eigenvalue weighted by molar-refractivity contribution is 5.97. The summed E-state index contributed by atoms with van der Waals surface area (Å²) < 4.78 is 11.2. The molecular weight excluding hydrogens is 382 g/mol. The predicted molar refractivity (Wildman–Crippen MR) is 114 cm³/mol. The molecule has 8 heteroatoms. The number of amides is 1. The van der Waals surface area contributed by atoms with Crippen molar-refractivity contribution in [1.29, 1.82) is 0 Å². The summed E-state index contributed by atoms with van der Waals surface area (Å²) in [5.74, 6) is 2.62. The van der Waals surface area contributed by atoms with E-state index in [4.69, 9.17) is 14.1 Å². The summed E-state index contributed by atoms with van der Waals surface area (Å²) >= 11 is 0. The van der Waals surface area contributed by atoms with E-state index in [2.05, 4.69) is 14.8 Å². The Kier molecular flexibility index (Phi) is 4.90. The van der Waals surface area contributed by atoms with Crippen LogP contribution in [0.5, 0.6) is 5.75 Å². The number of furan rings is 1. The van der Waals surface area contributed by atoms with E-state index in [0.29, 0.717) is 30.2 Å². The summed E-state index contributed by atoms with van der Waals surface area (Å²) in [6, 6.07) is 9.38. The van der Waals surface area contributed by atoms with Crippen LogP contribution in [0.25, 0.3) is 11.0 Å². The predicted octanol–water partition coefficient (Wildman–Crippen LogP) is 2.79. The average molecular weight is 407 g/mol. The van der Waals surface area contributed by atoms with E-state index in [1.807, 2.05) is 35.4 Å². The lowest BCUT2D eigenvalue weighted by Gasteiger charge is -2.35. The van der Waals surface area contributed by atoms with Gasteiger partial charge in [0.05, 0.1) is 7.11 Å². The zero-order chi connectivity index (χ0) is 20.5. The molecule has 0 atom stereocenters. The standard InChI is InChI=1S/C22H25N5O3/c1-29-17-6-4-5-16-15-18(30-20(16)17)21(28)26-13-11-25(12-14-26)19-7-8-23-22(24-19)27-9-2-3-10-27/h4-8,15H,2-3,9-14H2,1H3. The molecule has 0 N–H and O–H groups in total. The highest BCUT2D eigenvalue weighted by Crippen LogP contribution is 2.29. The minimum atomic E-state index is -0.0895. The van der Waals surface area contributed by atoms with E-state index < -0.39 is 0 Å². The van der Waals surface area contributed by atoms with Gasteiger partial charge < -0.3 is 23.9 Å². The number of anilines is 2. The van der Waals surface area contributed by atoms with Crippen molar-refractivity contribution in [2.45, 2.75) is 12.8 Å². The van der Waals surface area contributed by atoms with Crippen LogP contribution in [0.1, 0.15) is 23.4 Å². The van der Waals surface area contributed by atoms with Gasteiger partial charge in [0.25, 0.3) is 5.91 Å². The SMILES string of the molecule is COc1cccc2cc(C(=O)N3CCN(c4ccnc(N5CCCC5)n4)CC3)oc12. The van der Waals surface area contributed by atoms with E-state index in [1.54, 1.807) is 13.2 Å². The molecule has 8 nitrogen and oxygen atoms in total. The minimum absolute atomic E-state index is 0.0895. The quantitative estimate of drug-likeness (QED) is 0.658. The fourth-order valence-corrected chi connectivity index (χ4v) is 4.18. The zero-order valence-corrected chi connectivity index (χ0v) is 17.1. The second-order valence-electron chi connectivity index (χ2n) is 7.68. The summed E-state index contributed by atoms with van der Waals surface area (Å²) in [5, 5.41) is 0.867. The highest BCUT2D eigenvalue weighted by Gasteiger charge is 2.26. The molecule has 2 saturated heterocycles. The number of carbonyl (C=O) groups excluding carboxylic acids is 1. The fourth-order valence-electron chi connectivity index (χ4n) is 4.18. The summed E-state index contributed by atoms with van der Waals surface area (Å²) in [5.41, 5.74) is 0.609. The van der Waals surface area contributed by atoms with Gasteiger partial charge in [-0.15, -0.1) is 0 Å². The van der Waals surface area contributed by atoms with Crippen molar-refractivity contribution in [3.05, 3.63) is 42.3 Å². The first-order valence-electron chi connectivity index (χ1n) is 10.4. The van der Waals surface area contributed by atoms with Crippen LogP contribution in [-0.2, 0) is 0 Å². The molecule has 3 aromatic rings. The summed E-state index contributed by atoms with van der Waals surface area (Å²) in [7, 11) is 1.60. The maximum absolute atomic E-state index is 13.0. The molecule has 2 aromatic heterocycles. The highest BCUT2D eigenvalue weighted by atomic mass is 16.5. The van der Waals surface area contributed by atoms with Crippen molar-refractivity contribution in [2.75, 3.05) is 56.2 Å². The number of nitrogens with zero attached hydrogens (tertiary/aromatic N) is 5. The molecule has 0 bridgehead atoms. The number of hydrogen-bond acceptors (Lipinski definition) is 7. The molecule has 2 fully saturated rings. The molecule has 30 heavy (non-hydrogen) atoms. The van der Waals surface area contributed by atoms with Crippen molar-refractivity contribution in [1.82, 2.24) is 14.9 Å². The van der Waals surface area contributed by atoms with E-state index in [-0.39, 0.29) is 5.91 Å². The van der Waals surface area contributed by atoms with Crippen molar-refractivity contribution in [2.24, 2.45) is 0 Å². The van der Waals surface area contributed by atoms with Crippen LogP contribution in [0.4, 0.5) is 11.8 Å². The van der Waals surface area contributed by atoms with E-state index in [1.165, 1.54) is 12.8 Å². The molecule has 0 saturated carbocycles. The Hall–Kier alpha value is -3.29. The Morgan fingerprint density at radius 3 is 2.60 bits per heavy atom. The molecule has 0 radical (unpaired) electrons. The number of benzene rings is 1. The third-order valence-corrected chi connectivity index (χ3v) is 5.85. The smallest absolute Gasteiger partial charge is 0.289 e. The van der Waals surface area contributed by atoms with Gasteiger partial charge in [-0.2, -0.15) is 4.98 Å². The maximum Gasteiger partial charge on any atom is 0.289 e. The van der Waals surface area contributed by atoms with Crippen LogP contribution in [-0.4, -0.2) is 67.2 Å². The maximum atomic E-state index is 13.0. The lowest BCUT2D eigenvalue weighted by Crippen LogP contribution is -2.49. The van der Waals surface area contributed by atoms with Crippen molar-refractivity contribution >= 4 is 28.6 Å². The Balaban J connectivity index is 1.27. The lowest BCUT2D eigenvalue weighted by molar-refractivity contribution is 0.0716. The van der Waals surface area contributed by atoms with Crippen LogP contribution in [0.2, 0.25) is 0 Å². The average Bonchev–Trinajstić information content (AvgIpc) is 3.49. The molecule has 0 unspecified atom stereocenters. The molecule has 1 amide bonds. The van der Waals surface area contributed by atoms with E-state index in [9.17, 15) is 4.79 Å². The first-order chi connectivity index (χ1) is 14.7. The second-order valence-corrected chi connectivity index (χ2v) is 7.68. The number of carbonyl (C=O) groups is 1. The first-order valence-corrected chi connectivity index (χ1v) is 10.4. The molecule has 0 spiro atoms. The van der Waals surface area contributed by atoms with Crippen LogP contribution >= 0.6 is 0 Å². The van der Waals surface area contributed by atoms with E-state index >= 15 is 0 Å². The van der Waals surface area contributed by atoms with Gasteiger partial charge in [-0.05, 0) is 31.0 Å². The molecule has 156 valence electrons. The largest absolute Gasteiger partial charge is 0.493 e. The lowest BCUT2D eigenvalue weighted by atomic mass is 10.2. The Morgan fingerprint density at radius 1 is 1.03 bits per heavy atom. The molecule has 5 rings (SSSR count). The number of aromatic nitrogens is 2. The zero-order valence-electron chi connectivity index (χ0n) is 17.1. The van der Waals surface area contributed by atoms with Crippen LogP contribution in [0.3, 0.4) is 0 Å². The Bertz CT molecular complexity index is 1050.